The molecule has 0 radical (unpaired) electrons. The fraction of sp³-hybridized carbons (Fsp3) is 0.905. The molecule has 0 saturated heterocycles. The Morgan fingerprint density at radius 3 is 1.96 bits per heavy atom. The fourth-order valence-corrected chi connectivity index (χ4v) is 3.23. The molecule has 0 rings (SSSR count). The number of isothiocyanates is 1. The van der Waals surface area contributed by atoms with Gasteiger partial charge in [0.05, 0.1) is 5.16 Å². The van der Waals surface area contributed by atoms with Crippen LogP contribution in [0.2, 0.25) is 0 Å². The molecular weight excluding hydrogens is 344 g/mol. The number of hydrogen-bond donors (Lipinski definition) is 2. The van der Waals surface area contributed by atoms with Gasteiger partial charge in [-0.3, -0.25) is 4.79 Å². The molecular formula is C21H40N2O2S. The third-order valence-corrected chi connectivity index (χ3v) is 4.93. The van der Waals surface area contributed by atoms with Gasteiger partial charge in [0.15, 0.2) is 0 Å². The molecule has 0 aromatic rings. The number of thiocarbonyl (C=S) groups is 1. The quantitative estimate of drug-likeness (QED) is 0.153. The monoisotopic (exact) mass is 384 g/mol. The van der Waals surface area contributed by atoms with E-state index in [0.29, 0.717) is 13.0 Å². The number of aliphatic carboxylic acids is 1. The van der Waals surface area contributed by atoms with Crippen LogP contribution >= 0.6 is 12.2 Å². The zero-order chi connectivity index (χ0) is 19.3. The van der Waals surface area contributed by atoms with Crippen LogP contribution < -0.4 is 5.32 Å². The largest absolute Gasteiger partial charge is 0.480 e. The highest BCUT2D eigenvalue weighted by Gasteiger charge is 2.15. The van der Waals surface area contributed by atoms with Crippen LogP contribution in [-0.4, -0.2) is 35.4 Å². The van der Waals surface area contributed by atoms with Crippen molar-refractivity contribution >= 4 is 23.3 Å². The minimum atomic E-state index is -0.748. The lowest BCUT2D eigenvalue weighted by Gasteiger charge is -2.14. The molecule has 0 bridgehead atoms. The van der Waals surface area contributed by atoms with Crippen molar-refractivity contribution in [3.8, 4) is 0 Å². The van der Waals surface area contributed by atoms with Crippen LogP contribution in [0.5, 0.6) is 0 Å². The molecule has 0 amide bonds. The lowest BCUT2D eigenvalue weighted by molar-refractivity contribution is -0.139. The summed E-state index contributed by atoms with van der Waals surface area (Å²) in [7, 11) is 0. The van der Waals surface area contributed by atoms with Gasteiger partial charge >= 0.3 is 5.97 Å². The molecule has 0 aliphatic carbocycles. The second-order valence-corrected chi connectivity index (χ2v) is 7.39. The lowest BCUT2D eigenvalue weighted by Crippen LogP contribution is -2.37. The Kier molecular flexibility index (Phi) is 19.9. The van der Waals surface area contributed by atoms with Crippen LogP contribution in [-0.2, 0) is 4.79 Å². The van der Waals surface area contributed by atoms with Gasteiger partial charge in [0.1, 0.15) is 6.04 Å². The molecule has 0 fully saturated rings. The standard InChI is InChI=1S/C21H40N2O2S/c1-2-3-4-5-6-7-8-9-10-11-12-14-18-23-20(21(24)25)16-13-15-17-22-19-26/h20,23H,2-18H2,1H3,(H,24,25). The molecule has 0 aliphatic heterocycles. The van der Waals surface area contributed by atoms with E-state index in [4.69, 9.17) is 0 Å². The third kappa shape index (κ3) is 18.0. The highest BCUT2D eigenvalue weighted by Crippen LogP contribution is 2.12. The smallest absolute Gasteiger partial charge is 0.320 e. The van der Waals surface area contributed by atoms with E-state index in [2.05, 4.69) is 34.6 Å². The van der Waals surface area contributed by atoms with E-state index in [0.717, 1.165) is 25.8 Å². The lowest BCUT2D eigenvalue weighted by atomic mass is 10.1. The van der Waals surface area contributed by atoms with Gasteiger partial charge in [0.2, 0.25) is 0 Å². The summed E-state index contributed by atoms with van der Waals surface area (Å²) in [4.78, 5) is 15.1. The number of unbranched alkanes of at least 4 members (excludes halogenated alkanes) is 12. The molecule has 0 aromatic heterocycles. The van der Waals surface area contributed by atoms with Crippen molar-refractivity contribution in [1.82, 2.24) is 5.32 Å². The molecule has 1 unspecified atom stereocenters. The molecule has 5 heteroatoms. The first kappa shape index (κ1) is 25.2. The van der Waals surface area contributed by atoms with Crippen LogP contribution in [0.25, 0.3) is 0 Å². The summed E-state index contributed by atoms with van der Waals surface area (Å²) in [5.74, 6) is -0.748. The Labute approximate surface area is 166 Å². The molecule has 1 atom stereocenters. The van der Waals surface area contributed by atoms with Crippen molar-refractivity contribution in [1.29, 1.82) is 0 Å². The number of rotatable bonds is 20. The Morgan fingerprint density at radius 2 is 1.46 bits per heavy atom. The summed E-state index contributed by atoms with van der Waals surface area (Å²) in [6, 6.07) is -0.431. The predicted molar refractivity (Wildman–Crippen MR) is 114 cm³/mol. The topological polar surface area (TPSA) is 61.7 Å². The molecule has 0 spiro atoms. The molecule has 0 aromatic carbocycles. The van der Waals surface area contributed by atoms with Crippen molar-refractivity contribution < 1.29 is 9.90 Å². The van der Waals surface area contributed by atoms with Crippen LogP contribution in [0.3, 0.4) is 0 Å². The van der Waals surface area contributed by atoms with Crippen molar-refractivity contribution in [2.24, 2.45) is 4.99 Å². The average Bonchev–Trinajstić information content (AvgIpc) is 2.63. The molecule has 4 nitrogen and oxygen atoms in total. The van der Waals surface area contributed by atoms with E-state index in [1.165, 1.54) is 70.6 Å². The Balaban J connectivity index is 3.41. The summed E-state index contributed by atoms with van der Waals surface area (Å²) < 4.78 is 0. The average molecular weight is 385 g/mol. The first-order valence-corrected chi connectivity index (χ1v) is 11.1. The van der Waals surface area contributed by atoms with E-state index < -0.39 is 12.0 Å². The van der Waals surface area contributed by atoms with E-state index >= 15 is 0 Å². The van der Waals surface area contributed by atoms with E-state index in [1.807, 2.05) is 0 Å². The molecule has 26 heavy (non-hydrogen) atoms. The maximum absolute atomic E-state index is 11.3. The van der Waals surface area contributed by atoms with Gasteiger partial charge in [-0.15, -0.1) is 0 Å². The number of carboxylic acid groups (broad SMARTS) is 1. The Hall–Kier alpha value is -0.770. The third-order valence-electron chi connectivity index (χ3n) is 4.80. The van der Waals surface area contributed by atoms with Gasteiger partial charge in [0, 0.05) is 6.54 Å². The first-order chi connectivity index (χ1) is 12.7. The number of nitrogens with zero attached hydrogens (tertiary/aromatic N) is 1. The number of aliphatic imine (C=N–C) groups is 1. The van der Waals surface area contributed by atoms with Crippen LogP contribution in [0, 0.1) is 0 Å². The van der Waals surface area contributed by atoms with Crippen molar-refractivity contribution in [2.75, 3.05) is 13.1 Å². The van der Waals surface area contributed by atoms with E-state index in [9.17, 15) is 9.90 Å². The Bertz CT molecular complexity index is 371. The summed E-state index contributed by atoms with van der Waals surface area (Å²) >= 11 is 4.51. The minimum Gasteiger partial charge on any atom is -0.480 e. The summed E-state index contributed by atoms with van der Waals surface area (Å²) in [6.07, 6.45) is 18.3. The van der Waals surface area contributed by atoms with Crippen LogP contribution in [0.1, 0.15) is 103 Å². The zero-order valence-electron chi connectivity index (χ0n) is 16.8. The summed E-state index contributed by atoms with van der Waals surface area (Å²) in [6.45, 7) is 3.71. The summed E-state index contributed by atoms with van der Waals surface area (Å²) in [5.41, 5.74) is 0. The molecule has 0 saturated carbocycles. The van der Waals surface area contributed by atoms with Gasteiger partial charge in [-0.2, -0.15) is 0 Å². The number of carboxylic acids is 1. The number of hydrogen-bond acceptors (Lipinski definition) is 4. The first-order valence-electron chi connectivity index (χ1n) is 10.7. The predicted octanol–water partition coefficient (Wildman–Crippen LogP) is 6.00. The maximum Gasteiger partial charge on any atom is 0.320 e. The highest BCUT2D eigenvalue weighted by atomic mass is 32.1. The van der Waals surface area contributed by atoms with Gasteiger partial charge in [-0.05, 0) is 44.4 Å². The Morgan fingerprint density at radius 1 is 0.923 bits per heavy atom. The van der Waals surface area contributed by atoms with Gasteiger partial charge in [0.25, 0.3) is 0 Å². The second kappa shape index (κ2) is 20.5. The van der Waals surface area contributed by atoms with Crippen LogP contribution in [0.15, 0.2) is 4.99 Å². The van der Waals surface area contributed by atoms with Crippen molar-refractivity contribution in [3.63, 3.8) is 0 Å². The number of nitrogens with one attached hydrogen (secondary N) is 1. The summed E-state index contributed by atoms with van der Waals surface area (Å²) in [5, 5.41) is 14.8. The van der Waals surface area contributed by atoms with Gasteiger partial charge in [-0.1, -0.05) is 77.6 Å². The molecule has 2 N–H and O–H groups in total. The van der Waals surface area contributed by atoms with Gasteiger partial charge in [-0.25, -0.2) is 4.99 Å². The SMILES string of the molecule is CCCCCCCCCCCCCCNC(CCCCN=C=S)C(=O)O. The molecule has 152 valence electrons. The molecule has 0 aliphatic rings. The van der Waals surface area contributed by atoms with E-state index in [-0.39, 0.29) is 0 Å². The highest BCUT2D eigenvalue weighted by molar-refractivity contribution is 7.78. The van der Waals surface area contributed by atoms with E-state index in [1.54, 1.807) is 0 Å². The van der Waals surface area contributed by atoms with Gasteiger partial charge < -0.3 is 10.4 Å². The van der Waals surface area contributed by atoms with Crippen LogP contribution in [0.4, 0.5) is 0 Å². The normalized spacial score (nSPS) is 11.9. The molecule has 0 heterocycles. The fourth-order valence-electron chi connectivity index (χ4n) is 3.14. The zero-order valence-corrected chi connectivity index (χ0v) is 17.6. The number of carbonyl (C=O) groups is 1. The minimum absolute atomic E-state index is 0.431. The van der Waals surface area contributed by atoms with Crippen molar-refractivity contribution in [2.45, 2.75) is 109 Å². The second-order valence-electron chi connectivity index (χ2n) is 7.20. The maximum atomic E-state index is 11.3. The van der Waals surface area contributed by atoms with Crippen molar-refractivity contribution in [3.05, 3.63) is 0 Å².